The van der Waals surface area contributed by atoms with Gasteiger partial charge in [-0.1, -0.05) is 23.7 Å². The normalized spacial score (nSPS) is 11.4. The summed E-state index contributed by atoms with van der Waals surface area (Å²) in [6.45, 7) is 5.80. The Morgan fingerprint density at radius 1 is 1.43 bits per heavy atom. The first-order valence-electron chi connectivity index (χ1n) is 6.46. The van der Waals surface area contributed by atoms with E-state index in [0.29, 0.717) is 17.1 Å². The number of nitriles is 1. The van der Waals surface area contributed by atoms with E-state index in [1.807, 2.05) is 26.8 Å². The van der Waals surface area contributed by atoms with Gasteiger partial charge >= 0.3 is 0 Å². The highest BCUT2D eigenvalue weighted by molar-refractivity contribution is 6.30. The van der Waals surface area contributed by atoms with Crippen molar-refractivity contribution in [3.8, 4) is 6.07 Å². The second kappa shape index (κ2) is 5.38. The van der Waals surface area contributed by atoms with Crippen molar-refractivity contribution in [2.24, 2.45) is 0 Å². The molecule has 0 aliphatic rings. The van der Waals surface area contributed by atoms with E-state index in [4.69, 9.17) is 17.3 Å². The lowest BCUT2D eigenvalue weighted by molar-refractivity contribution is 0.359. The van der Waals surface area contributed by atoms with E-state index >= 15 is 0 Å². The van der Waals surface area contributed by atoms with Gasteiger partial charge in [-0.05, 0) is 32.4 Å². The SMILES string of the molecule is CC(C)(C)n1nc(Cc2cccc(Cl)c2F)c(C#N)c1N. The number of hydrogen-bond acceptors (Lipinski definition) is 3. The summed E-state index contributed by atoms with van der Waals surface area (Å²) in [6.07, 6.45) is 0.169. The van der Waals surface area contributed by atoms with Crippen LogP contribution in [-0.2, 0) is 12.0 Å². The maximum absolute atomic E-state index is 14.0. The molecule has 0 bridgehead atoms. The molecule has 1 aromatic carbocycles. The number of anilines is 1. The largest absolute Gasteiger partial charge is 0.383 e. The molecule has 0 radical (unpaired) electrons. The number of aromatic nitrogens is 2. The Labute approximate surface area is 127 Å². The number of nitrogen functional groups attached to an aromatic ring is 1. The van der Waals surface area contributed by atoms with Gasteiger partial charge in [0.25, 0.3) is 0 Å². The molecule has 4 nitrogen and oxygen atoms in total. The third-order valence-corrected chi connectivity index (χ3v) is 3.42. The fourth-order valence-corrected chi connectivity index (χ4v) is 2.29. The molecule has 0 aliphatic carbocycles. The van der Waals surface area contributed by atoms with Crippen molar-refractivity contribution in [3.05, 3.63) is 45.9 Å². The van der Waals surface area contributed by atoms with Crippen LogP contribution >= 0.6 is 11.6 Å². The summed E-state index contributed by atoms with van der Waals surface area (Å²) < 4.78 is 15.6. The molecule has 6 heteroatoms. The minimum atomic E-state index is -0.494. The van der Waals surface area contributed by atoms with E-state index in [9.17, 15) is 9.65 Å². The molecular formula is C15H16ClFN4. The maximum Gasteiger partial charge on any atom is 0.145 e. The first-order valence-corrected chi connectivity index (χ1v) is 6.84. The van der Waals surface area contributed by atoms with E-state index in [1.165, 1.54) is 6.07 Å². The van der Waals surface area contributed by atoms with E-state index in [2.05, 4.69) is 5.10 Å². The molecule has 0 aliphatic heterocycles. The van der Waals surface area contributed by atoms with Crippen LogP contribution in [0.1, 0.15) is 37.6 Å². The molecule has 0 fully saturated rings. The van der Waals surface area contributed by atoms with Gasteiger partial charge in [-0.2, -0.15) is 10.4 Å². The number of halogens is 2. The summed E-state index contributed by atoms with van der Waals surface area (Å²) in [5, 5.41) is 13.7. The van der Waals surface area contributed by atoms with Crippen LogP contribution in [0.25, 0.3) is 0 Å². The fourth-order valence-electron chi connectivity index (χ4n) is 2.10. The van der Waals surface area contributed by atoms with Gasteiger partial charge in [-0.25, -0.2) is 9.07 Å². The predicted molar refractivity (Wildman–Crippen MR) is 80.6 cm³/mol. The highest BCUT2D eigenvalue weighted by atomic mass is 35.5. The summed E-state index contributed by atoms with van der Waals surface area (Å²) in [7, 11) is 0. The minimum absolute atomic E-state index is 0.0502. The van der Waals surface area contributed by atoms with Crippen molar-refractivity contribution >= 4 is 17.4 Å². The molecule has 1 aromatic heterocycles. The van der Waals surface area contributed by atoms with Gasteiger partial charge in [0.1, 0.15) is 23.3 Å². The molecule has 0 saturated heterocycles. The van der Waals surface area contributed by atoms with E-state index in [0.717, 1.165) is 0 Å². The van der Waals surface area contributed by atoms with Crippen LogP contribution < -0.4 is 5.73 Å². The summed E-state index contributed by atoms with van der Waals surface area (Å²) in [4.78, 5) is 0. The maximum atomic E-state index is 14.0. The zero-order valence-electron chi connectivity index (χ0n) is 12.1. The van der Waals surface area contributed by atoms with Crippen LogP contribution in [0.15, 0.2) is 18.2 Å². The summed E-state index contributed by atoms with van der Waals surface area (Å²) in [5.41, 5.74) is 6.74. The Kier molecular flexibility index (Phi) is 3.93. The standard InChI is InChI=1S/C15H16ClFN4/c1-15(2,3)21-14(19)10(8-18)12(20-21)7-9-5-4-6-11(16)13(9)17/h4-6H,7,19H2,1-3H3. The number of nitrogens with two attached hydrogens (primary N) is 1. The minimum Gasteiger partial charge on any atom is -0.383 e. The monoisotopic (exact) mass is 306 g/mol. The molecule has 0 saturated carbocycles. The van der Waals surface area contributed by atoms with E-state index < -0.39 is 5.82 Å². The Bertz CT molecular complexity index is 722. The van der Waals surface area contributed by atoms with Crippen LogP contribution in [0.2, 0.25) is 5.02 Å². The number of benzene rings is 1. The molecule has 0 unspecified atom stereocenters. The zero-order chi connectivity index (χ0) is 15.8. The molecule has 0 spiro atoms. The Balaban J connectivity index is 2.51. The Hall–Kier alpha value is -2.06. The molecule has 110 valence electrons. The summed E-state index contributed by atoms with van der Waals surface area (Å²) in [5.74, 6) is -0.200. The molecule has 0 amide bonds. The van der Waals surface area contributed by atoms with Crippen molar-refractivity contribution in [2.45, 2.75) is 32.7 Å². The van der Waals surface area contributed by atoms with Crippen LogP contribution in [0.4, 0.5) is 10.2 Å². The molecule has 0 atom stereocenters. The molecule has 2 rings (SSSR count). The lowest BCUT2D eigenvalue weighted by Gasteiger charge is -2.20. The molecular weight excluding hydrogens is 291 g/mol. The lowest BCUT2D eigenvalue weighted by Crippen LogP contribution is -2.25. The third-order valence-electron chi connectivity index (χ3n) is 3.13. The van der Waals surface area contributed by atoms with Crippen molar-refractivity contribution in [2.75, 3.05) is 5.73 Å². The second-order valence-electron chi connectivity index (χ2n) is 5.79. The zero-order valence-corrected chi connectivity index (χ0v) is 12.9. The van der Waals surface area contributed by atoms with Crippen molar-refractivity contribution in [1.29, 1.82) is 5.26 Å². The average Bonchev–Trinajstić information content (AvgIpc) is 2.71. The Morgan fingerprint density at radius 2 is 2.10 bits per heavy atom. The van der Waals surface area contributed by atoms with Gasteiger partial charge in [0, 0.05) is 6.42 Å². The quantitative estimate of drug-likeness (QED) is 0.923. The predicted octanol–water partition coefficient (Wildman–Crippen LogP) is 3.48. The molecule has 2 N–H and O–H groups in total. The Morgan fingerprint density at radius 3 is 2.67 bits per heavy atom. The third kappa shape index (κ3) is 2.86. The van der Waals surface area contributed by atoms with Crippen molar-refractivity contribution < 1.29 is 4.39 Å². The van der Waals surface area contributed by atoms with Crippen LogP contribution in [0, 0.1) is 17.1 Å². The first-order chi connectivity index (χ1) is 9.75. The van der Waals surface area contributed by atoms with Crippen LogP contribution in [-0.4, -0.2) is 9.78 Å². The smallest absolute Gasteiger partial charge is 0.145 e. The summed E-state index contributed by atoms with van der Waals surface area (Å²) >= 11 is 5.77. The lowest BCUT2D eigenvalue weighted by atomic mass is 10.1. The van der Waals surface area contributed by atoms with Gasteiger partial charge in [-0.15, -0.1) is 0 Å². The molecule has 1 heterocycles. The first kappa shape index (κ1) is 15.3. The van der Waals surface area contributed by atoms with E-state index in [1.54, 1.807) is 16.8 Å². The highest BCUT2D eigenvalue weighted by Gasteiger charge is 2.24. The highest BCUT2D eigenvalue weighted by Crippen LogP contribution is 2.27. The van der Waals surface area contributed by atoms with Gasteiger partial charge in [-0.3, -0.25) is 0 Å². The van der Waals surface area contributed by atoms with Crippen molar-refractivity contribution in [1.82, 2.24) is 9.78 Å². The van der Waals surface area contributed by atoms with Gasteiger partial charge in [0.05, 0.1) is 16.3 Å². The number of rotatable bonds is 2. The topological polar surface area (TPSA) is 67.6 Å². The van der Waals surface area contributed by atoms with Crippen LogP contribution in [0.5, 0.6) is 0 Å². The number of nitrogens with zero attached hydrogens (tertiary/aromatic N) is 3. The summed E-state index contributed by atoms with van der Waals surface area (Å²) in [6, 6.07) is 6.81. The molecule has 21 heavy (non-hydrogen) atoms. The van der Waals surface area contributed by atoms with Gasteiger partial charge < -0.3 is 5.73 Å². The second-order valence-corrected chi connectivity index (χ2v) is 6.20. The molecule has 2 aromatic rings. The van der Waals surface area contributed by atoms with E-state index in [-0.39, 0.29) is 22.5 Å². The van der Waals surface area contributed by atoms with Crippen LogP contribution in [0.3, 0.4) is 0 Å². The van der Waals surface area contributed by atoms with Gasteiger partial charge in [0.2, 0.25) is 0 Å². The number of hydrogen-bond donors (Lipinski definition) is 1. The fraction of sp³-hybridized carbons (Fsp3) is 0.333. The van der Waals surface area contributed by atoms with Crippen molar-refractivity contribution in [3.63, 3.8) is 0 Å². The van der Waals surface area contributed by atoms with Gasteiger partial charge in [0.15, 0.2) is 0 Å². The average molecular weight is 307 g/mol.